The van der Waals surface area contributed by atoms with Crippen LogP contribution in [0.4, 0.5) is 5.82 Å². The lowest BCUT2D eigenvalue weighted by molar-refractivity contribution is -0.136. The number of carbonyl (C=O) groups excluding carboxylic acids is 1. The van der Waals surface area contributed by atoms with Crippen LogP contribution < -0.4 is 4.90 Å². The highest BCUT2D eigenvalue weighted by molar-refractivity contribution is 5.78. The molecule has 2 aliphatic rings. The van der Waals surface area contributed by atoms with Gasteiger partial charge in [0.15, 0.2) is 0 Å². The van der Waals surface area contributed by atoms with Crippen LogP contribution in [0.5, 0.6) is 0 Å². The maximum absolute atomic E-state index is 12.3. The van der Waals surface area contributed by atoms with Gasteiger partial charge in [-0.15, -0.1) is 0 Å². The molecule has 0 bridgehead atoms. The molecule has 1 aromatic heterocycles. The predicted octanol–water partition coefficient (Wildman–Crippen LogP) is -0.236. The van der Waals surface area contributed by atoms with Gasteiger partial charge in [-0.05, 0) is 14.0 Å². The summed E-state index contributed by atoms with van der Waals surface area (Å²) in [7, 11) is 2.02. The Balaban J connectivity index is 1.48. The molecule has 7 heteroatoms. The summed E-state index contributed by atoms with van der Waals surface area (Å²) in [4.78, 5) is 26.9. The molecule has 7 nitrogen and oxygen atoms in total. The summed E-state index contributed by atoms with van der Waals surface area (Å²) >= 11 is 0. The van der Waals surface area contributed by atoms with Crippen LogP contribution in [-0.2, 0) is 9.53 Å². The quantitative estimate of drug-likeness (QED) is 0.765. The minimum absolute atomic E-state index is 0.197. The Bertz CT molecular complexity index is 526. The molecule has 0 N–H and O–H groups in total. The smallest absolute Gasteiger partial charge is 0.236 e. The number of hydrogen-bond donors (Lipinski definition) is 0. The molecule has 1 amide bonds. The van der Waals surface area contributed by atoms with Gasteiger partial charge in [0.2, 0.25) is 5.91 Å². The third kappa shape index (κ3) is 3.20. The van der Waals surface area contributed by atoms with E-state index in [4.69, 9.17) is 4.74 Å². The first-order valence-electron chi connectivity index (χ1n) is 7.72. The number of carbonyl (C=O) groups is 1. The standard InChI is InChI=1S/C15H23N5O2/c1-12-7-16-11-17-15(12)20-8-13(9-20)18(2)10-14(21)19-3-5-22-6-4-19/h7,11,13H,3-6,8-10H2,1-2H3. The van der Waals surface area contributed by atoms with Gasteiger partial charge in [-0.1, -0.05) is 0 Å². The van der Waals surface area contributed by atoms with Gasteiger partial charge in [-0.3, -0.25) is 9.69 Å². The lowest BCUT2D eigenvalue weighted by Gasteiger charge is -2.45. The van der Waals surface area contributed by atoms with Crippen LogP contribution in [0.25, 0.3) is 0 Å². The zero-order valence-electron chi connectivity index (χ0n) is 13.2. The zero-order chi connectivity index (χ0) is 15.5. The van der Waals surface area contributed by atoms with Crippen LogP contribution in [0.1, 0.15) is 5.56 Å². The highest BCUT2D eigenvalue weighted by atomic mass is 16.5. The Hall–Kier alpha value is -1.73. The van der Waals surface area contributed by atoms with E-state index in [9.17, 15) is 4.79 Å². The summed E-state index contributed by atoms with van der Waals surface area (Å²) < 4.78 is 5.28. The monoisotopic (exact) mass is 305 g/mol. The van der Waals surface area contributed by atoms with Crippen molar-refractivity contribution in [2.75, 3.05) is 57.9 Å². The van der Waals surface area contributed by atoms with E-state index in [0.29, 0.717) is 38.9 Å². The zero-order valence-corrected chi connectivity index (χ0v) is 13.2. The molecule has 0 atom stereocenters. The number of aromatic nitrogens is 2. The first-order chi connectivity index (χ1) is 10.6. The van der Waals surface area contributed by atoms with Crippen LogP contribution in [-0.4, -0.2) is 84.7 Å². The molecular formula is C15H23N5O2. The van der Waals surface area contributed by atoms with E-state index in [1.807, 2.05) is 25.1 Å². The molecule has 2 aliphatic heterocycles. The summed E-state index contributed by atoms with van der Waals surface area (Å²) in [5, 5.41) is 0. The topological polar surface area (TPSA) is 61.8 Å². The minimum atomic E-state index is 0.197. The maximum Gasteiger partial charge on any atom is 0.236 e. The second-order valence-electron chi connectivity index (χ2n) is 6.00. The van der Waals surface area contributed by atoms with E-state index < -0.39 is 0 Å². The van der Waals surface area contributed by atoms with Gasteiger partial charge in [-0.2, -0.15) is 0 Å². The van der Waals surface area contributed by atoms with Gasteiger partial charge < -0.3 is 14.5 Å². The second-order valence-corrected chi connectivity index (χ2v) is 6.00. The molecule has 0 saturated carbocycles. The van der Waals surface area contributed by atoms with Crippen molar-refractivity contribution in [3.05, 3.63) is 18.1 Å². The summed E-state index contributed by atoms with van der Waals surface area (Å²) in [5.41, 5.74) is 1.09. The summed E-state index contributed by atoms with van der Waals surface area (Å²) in [6, 6.07) is 0.402. The van der Waals surface area contributed by atoms with E-state index in [0.717, 1.165) is 24.5 Å². The number of ether oxygens (including phenoxy) is 1. The van der Waals surface area contributed by atoms with Crippen molar-refractivity contribution in [2.45, 2.75) is 13.0 Å². The SMILES string of the molecule is Cc1cncnc1N1CC(N(C)CC(=O)N2CCOCC2)C1. The number of nitrogens with zero attached hydrogens (tertiary/aromatic N) is 5. The van der Waals surface area contributed by atoms with Crippen molar-refractivity contribution in [1.29, 1.82) is 0 Å². The second kappa shape index (κ2) is 6.58. The van der Waals surface area contributed by atoms with Crippen molar-refractivity contribution in [1.82, 2.24) is 19.8 Å². The summed E-state index contributed by atoms with van der Waals surface area (Å²) in [6.45, 7) is 7.04. The Kier molecular flexibility index (Phi) is 4.54. The minimum Gasteiger partial charge on any atom is -0.378 e. The molecule has 0 unspecified atom stereocenters. The number of likely N-dealkylation sites (N-methyl/N-ethyl adjacent to an activating group) is 1. The number of amides is 1. The molecular weight excluding hydrogens is 282 g/mol. The van der Waals surface area contributed by atoms with Gasteiger partial charge in [-0.25, -0.2) is 9.97 Å². The average molecular weight is 305 g/mol. The Morgan fingerprint density at radius 1 is 1.41 bits per heavy atom. The molecule has 22 heavy (non-hydrogen) atoms. The third-order valence-electron chi connectivity index (χ3n) is 4.40. The van der Waals surface area contributed by atoms with Gasteiger partial charge >= 0.3 is 0 Å². The van der Waals surface area contributed by atoms with Crippen LogP contribution >= 0.6 is 0 Å². The highest BCUT2D eigenvalue weighted by Gasteiger charge is 2.33. The first-order valence-corrected chi connectivity index (χ1v) is 7.72. The molecule has 0 radical (unpaired) electrons. The van der Waals surface area contributed by atoms with Crippen LogP contribution in [0.3, 0.4) is 0 Å². The van der Waals surface area contributed by atoms with E-state index in [2.05, 4.69) is 19.8 Å². The number of morpholine rings is 1. The van der Waals surface area contributed by atoms with E-state index >= 15 is 0 Å². The third-order valence-corrected chi connectivity index (χ3v) is 4.40. The molecule has 2 fully saturated rings. The van der Waals surface area contributed by atoms with Crippen molar-refractivity contribution in [3.63, 3.8) is 0 Å². The predicted molar refractivity (Wildman–Crippen MR) is 82.8 cm³/mol. The number of anilines is 1. The average Bonchev–Trinajstić information content (AvgIpc) is 2.48. The van der Waals surface area contributed by atoms with Gasteiger partial charge in [0, 0.05) is 44.0 Å². The largest absolute Gasteiger partial charge is 0.378 e. The Morgan fingerprint density at radius 2 is 2.14 bits per heavy atom. The van der Waals surface area contributed by atoms with Crippen molar-refractivity contribution >= 4 is 11.7 Å². The molecule has 1 aromatic rings. The van der Waals surface area contributed by atoms with Crippen LogP contribution in [0, 0.1) is 6.92 Å². The van der Waals surface area contributed by atoms with Crippen molar-refractivity contribution < 1.29 is 9.53 Å². The van der Waals surface area contributed by atoms with E-state index in [1.54, 1.807) is 6.33 Å². The fourth-order valence-electron chi connectivity index (χ4n) is 2.89. The van der Waals surface area contributed by atoms with Crippen molar-refractivity contribution in [2.24, 2.45) is 0 Å². The first kappa shape index (κ1) is 15.2. The Morgan fingerprint density at radius 3 is 2.82 bits per heavy atom. The molecule has 0 aliphatic carbocycles. The summed E-state index contributed by atoms with van der Waals surface area (Å²) in [6.07, 6.45) is 3.42. The highest BCUT2D eigenvalue weighted by Crippen LogP contribution is 2.23. The number of rotatable bonds is 4. The normalized spacial score (nSPS) is 19.4. The fourth-order valence-corrected chi connectivity index (χ4v) is 2.89. The van der Waals surface area contributed by atoms with Gasteiger partial charge in [0.1, 0.15) is 12.1 Å². The van der Waals surface area contributed by atoms with Gasteiger partial charge in [0.05, 0.1) is 19.8 Å². The molecule has 0 spiro atoms. The van der Waals surface area contributed by atoms with E-state index in [1.165, 1.54) is 0 Å². The Labute approximate surface area is 130 Å². The fraction of sp³-hybridized carbons (Fsp3) is 0.667. The molecule has 120 valence electrons. The molecule has 3 heterocycles. The molecule has 0 aromatic carbocycles. The molecule has 3 rings (SSSR count). The lowest BCUT2D eigenvalue weighted by Crippen LogP contribution is -2.60. The molecule has 2 saturated heterocycles. The number of aryl methyl sites for hydroxylation is 1. The number of hydrogen-bond acceptors (Lipinski definition) is 6. The summed E-state index contributed by atoms with van der Waals surface area (Å²) in [5.74, 6) is 1.20. The van der Waals surface area contributed by atoms with Gasteiger partial charge in [0.25, 0.3) is 0 Å². The van der Waals surface area contributed by atoms with E-state index in [-0.39, 0.29) is 5.91 Å². The lowest BCUT2D eigenvalue weighted by atomic mass is 10.1. The van der Waals surface area contributed by atoms with Crippen molar-refractivity contribution in [3.8, 4) is 0 Å². The maximum atomic E-state index is 12.3. The van der Waals surface area contributed by atoms with Crippen LogP contribution in [0.2, 0.25) is 0 Å². The van der Waals surface area contributed by atoms with Crippen LogP contribution in [0.15, 0.2) is 12.5 Å².